The zero-order chi connectivity index (χ0) is 16.1. The van der Waals surface area contributed by atoms with Crippen molar-refractivity contribution in [1.82, 2.24) is 5.32 Å². The summed E-state index contributed by atoms with van der Waals surface area (Å²) >= 11 is 0. The van der Waals surface area contributed by atoms with Gasteiger partial charge in [0.15, 0.2) is 15.7 Å². The van der Waals surface area contributed by atoms with Gasteiger partial charge in [-0.1, -0.05) is 24.2 Å². The Labute approximate surface area is 126 Å². The topological polar surface area (TPSA) is 105 Å². The van der Waals surface area contributed by atoms with Crippen molar-refractivity contribution >= 4 is 15.7 Å². The monoisotopic (exact) mass is 313 g/mol. The lowest BCUT2D eigenvalue weighted by Gasteiger charge is -2.24. The predicted molar refractivity (Wildman–Crippen MR) is 83.4 cm³/mol. The highest BCUT2D eigenvalue weighted by Gasteiger charge is 2.18. The molecular formula is C14H23N3O3S. The summed E-state index contributed by atoms with van der Waals surface area (Å²) in [7, 11) is -3.41. The van der Waals surface area contributed by atoms with Crippen molar-refractivity contribution in [3.63, 3.8) is 0 Å². The van der Waals surface area contributed by atoms with Crippen molar-refractivity contribution in [1.29, 1.82) is 0 Å². The maximum absolute atomic E-state index is 12.3. The van der Waals surface area contributed by atoms with Crippen molar-refractivity contribution in [3.05, 3.63) is 29.8 Å². The van der Waals surface area contributed by atoms with E-state index in [1.165, 1.54) is 12.1 Å². The molecule has 4 N–H and O–H groups in total. The number of nitrogens with two attached hydrogens (primary N) is 1. The highest BCUT2D eigenvalue weighted by Crippen LogP contribution is 2.14. The molecule has 0 saturated carbocycles. The first-order chi connectivity index (χ1) is 9.72. The lowest BCUT2D eigenvalue weighted by Crippen LogP contribution is -2.41. The Kier molecular flexibility index (Phi) is 5.74. The molecule has 0 spiro atoms. The van der Waals surface area contributed by atoms with Gasteiger partial charge in [0.05, 0.1) is 10.6 Å². The number of sulfone groups is 1. The van der Waals surface area contributed by atoms with Gasteiger partial charge in [0, 0.05) is 17.6 Å². The summed E-state index contributed by atoms with van der Waals surface area (Å²) in [4.78, 5) is 0.169. The van der Waals surface area contributed by atoms with Gasteiger partial charge in [-0.25, -0.2) is 8.42 Å². The molecule has 21 heavy (non-hydrogen) atoms. The molecule has 0 radical (unpaired) electrons. The molecule has 0 aliphatic heterocycles. The van der Waals surface area contributed by atoms with Crippen LogP contribution in [0.15, 0.2) is 34.3 Å². The van der Waals surface area contributed by atoms with E-state index in [2.05, 4.69) is 10.5 Å². The van der Waals surface area contributed by atoms with Gasteiger partial charge in [0.25, 0.3) is 0 Å². The fourth-order valence-electron chi connectivity index (χ4n) is 1.67. The first kappa shape index (κ1) is 17.5. The normalized spacial score (nSPS) is 13.4. The number of hydrogen-bond acceptors (Lipinski definition) is 5. The van der Waals surface area contributed by atoms with Crippen LogP contribution in [0.2, 0.25) is 0 Å². The molecule has 1 rings (SSSR count). The summed E-state index contributed by atoms with van der Waals surface area (Å²) in [5, 5.41) is 14.7. The maximum Gasteiger partial charge on any atom is 0.179 e. The number of benzene rings is 1. The van der Waals surface area contributed by atoms with Crippen LogP contribution in [0, 0.1) is 0 Å². The van der Waals surface area contributed by atoms with Crippen LogP contribution in [0.3, 0.4) is 0 Å². The van der Waals surface area contributed by atoms with Crippen LogP contribution in [0.4, 0.5) is 0 Å². The second-order valence-electron chi connectivity index (χ2n) is 5.50. The van der Waals surface area contributed by atoms with Gasteiger partial charge in [-0.15, -0.1) is 0 Å². The summed E-state index contributed by atoms with van der Waals surface area (Å²) < 4.78 is 24.6. The Morgan fingerprint density at radius 1 is 1.43 bits per heavy atom. The molecule has 0 aromatic heterocycles. The van der Waals surface area contributed by atoms with E-state index < -0.39 is 9.84 Å². The molecule has 0 aliphatic carbocycles. The standard InChI is InChI=1S/C14H23N3O3S/c1-4-14(2,3)16-8-9-21(19,20)12-7-5-6-11(10-12)13(15)17-18/h5-7,10,16,18H,4,8-9H2,1-3H3,(H2,15,17). The highest BCUT2D eigenvalue weighted by atomic mass is 32.2. The van der Waals surface area contributed by atoms with E-state index in [4.69, 9.17) is 10.9 Å². The van der Waals surface area contributed by atoms with Crippen molar-refractivity contribution in [2.45, 2.75) is 37.6 Å². The molecule has 1 aromatic rings. The summed E-state index contributed by atoms with van der Waals surface area (Å²) in [6.45, 7) is 6.47. The van der Waals surface area contributed by atoms with Crippen molar-refractivity contribution in [2.24, 2.45) is 10.9 Å². The molecule has 118 valence electrons. The third kappa shape index (κ3) is 5.02. The summed E-state index contributed by atoms with van der Waals surface area (Å²) in [5.41, 5.74) is 5.76. The minimum atomic E-state index is -3.41. The van der Waals surface area contributed by atoms with Crippen LogP contribution in [-0.2, 0) is 9.84 Å². The van der Waals surface area contributed by atoms with E-state index in [1.54, 1.807) is 12.1 Å². The molecule has 0 unspecified atom stereocenters. The number of rotatable bonds is 7. The first-order valence-electron chi connectivity index (χ1n) is 6.77. The minimum Gasteiger partial charge on any atom is -0.409 e. The minimum absolute atomic E-state index is 0.00391. The lowest BCUT2D eigenvalue weighted by atomic mass is 10.0. The van der Waals surface area contributed by atoms with Gasteiger partial charge >= 0.3 is 0 Å². The molecule has 0 fully saturated rings. The molecular weight excluding hydrogens is 290 g/mol. The maximum atomic E-state index is 12.3. The van der Waals surface area contributed by atoms with Crippen LogP contribution in [0.5, 0.6) is 0 Å². The SMILES string of the molecule is CCC(C)(C)NCCS(=O)(=O)c1cccc(/C(N)=N/O)c1. The van der Waals surface area contributed by atoms with E-state index in [-0.39, 0.29) is 22.0 Å². The van der Waals surface area contributed by atoms with Crippen LogP contribution in [0.25, 0.3) is 0 Å². The predicted octanol–water partition coefficient (Wildman–Crippen LogP) is 1.33. The zero-order valence-electron chi connectivity index (χ0n) is 12.6. The molecule has 0 bridgehead atoms. The lowest BCUT2D eigenvalue weighted by molar-refractivity contribution is 0.318. The van der Waals surface area contributed by atoms with E-state index in [0.29, 0.717) is 12.1 Å². The Morgan fingerprint density at radius 3 is 2.67 bits per heavy atom. The molecule has 0 atom stereocenters. The average molecular weight is 313 g/mol. The molecule has 7 heteroatoms. The fraction of sp³-hybridized carbons (Fsp3) is 0.500. The zero-order valence-corrected chi connectivity index (χ0v) is 13.4. The van der Waals surface area contributed by atoms with E-state index in [0.717, 1.165) is 6.42 Å². The molecule has 0 heterocycles. The number of nitrogens with one attached hydrogen (secondary N) is 1. The largest absolute Gasteiger partial charge is 0.409 e. The molecule has 6 nitrogen and oxygen atoms in total. The van der Waals surface area contributed by atoms with Gasteiger partial charge in [-0.2, -0.15) is 0 Å². The quantitative estimate of drug-likeness (QED) is 0.305. The second-order valence-corrected chi connectivity index (χ2v) is 7.61. The number of amidine groups is 1. The van der Waals surface area contributed by atoms with Crippen molar-refractivity contribution in [3.8, 4) is 0 Å². The van der Waals surface area contributed by atoms with E-state index in [1.807, 2.05) is 20.8 Å². The van der Waals surface area contributed by atoms with Gasteiger partial charge in [-0.3, -0.25) is 0 Å². The Bertz CT molecular complexity index is 610. The number of hydrogen-bond donors (Lipinski definition) is 3. The van der Waals surface area contributed by atoms with Crippen molar-refractivity contribution in [2.75, 3.05) is 12.3 Å². The molecule has 0 aliphatic rings. The van der Waals surface area contributed by atoms with E-state index >= 15 is 0 Å². The van der Waals surface area contributed by atoms with Crippen LogP contribution >= 0.6 is 0 Å². The van der Waals surface area contributed by atoms with Gasteiger partial charge in [-0.05, 0) is 32.4 Å². The van der Waals surface area contributed by atoms with Crippen molar-refractivity contribution < 1.29 is 13.6 Å². The molecule has 1 aromatic carbocycles. The summed E-state index contributed by atoms with van der Waals surface area (Å²) in [6, 6.07) is 6.08. The van der Waals surface area contributed by atoms with Gasteiger partial charge in [0.1, 0.15) is 0 Å². The molecule has 0 amide bonds. The fourth-order valence-corrected chi connectivity index (χ4v) is 2.87. The summed E-state index contributed by atoms with van der Waals surface area (Å²) in [6.07, 6.45) is 0.909. The number of oxime groups is 1. The molecule has 0 saturated heterocycles. The smallest absolute Gasteiger partial charge is 0.179 e. The number of nitrogens with zero attached hydrogens (tertiary/aromatic N) is 1. The Morgan fingerprint density at radius 2 is 2.10 bits per heavy atom. The second kappa shape index (κ2) is 6.91. The van der Waals surface area contributed by atoms with Gasteiger partial charge in [0.2, 0.25) is 0 Å². The van der Waals surface area contributed by atoms with Crippen LogP contribution in [-0.4, -0.2) is 37.3 Å². The highest BCUT2D eigenvalue weighted by molar-refractivity contribution is 7.91. The third-order valence-corrected chi connectivity index (χ3v) is 5.17. The Hall–Kier alpha value is -1.60. The Balaban J connectivity index is 2.84. The van der Waals surface area contributed by atoms with Crippen LogP contribution in [0.1, 0.15) is 32.8 Å². The van der Waals surface area contributed by atoms with Crippen LogP contribution < -0.4 is 11.1 Å². The third-order valence-electron chi connectivity index (χ3n) is 3.45. The summed E-state index contributed by atoms with van der Waals surface area (Å²) in [5.74, 6) is -0.118. The van der Waals surface area contributed by atoms with E-state index in [9.17, 15) is 8.42 Å². The first-order valence-corrected chi connectivity index (χ1v) is 8.43. The van der Waals surface area contributed by atoms with Gasteiger partial charge < -0.3 is 16.3 Å². The average Bonchev–Trinajstić information content (AvgIpc) is 2.46.